The fourth-order valence-electron chi connectivity index (χ4n) is 4.67. The molecule has 1 fully saturated rings. The minimum absolute atomic E-state index is 0.00202. The molecule has 3 rings (SSSR count). The first kappa shape index (κ1) is 26.5. The first-order valence-electron chi connectivity index (χ1n) is 12.3. The lowest BCUT2D eigenvalue weighted by Crippen LogP contribution is -2.50. The molecule has 0 aromatic heterocycles. The van der Waals surface area contributed by atoms with Gasteiger partial charge in [0.1, 0.15) is 16.7 Å². The van der Waals surface area contributed by atoms with Gasteiger partial charge in [0.05, 0.1) is 13.2 Å². The number of hydrogen-bond acceptors (Lipinski definition) is 5. The third-order valence-electron chi connectivity index (χ3n) is 6.95. The largest absolute Gasteiger partial charge is 0.487 e. The van der Waals surface area contributed by atoms with Crippen LogP contribution in [-0.4, -0.2) is 67.5 Å². The monoisotopic (exact) mass is 490 g/mol. The van der Waals surface area contributed by atoms with Crippen LogP contribution in [0, 0.1) is 23.7 Å². The summed E-state index contributed by atoms with van der Waals surface area (Å²) in [6, 6.07) is 4.38. The van der Waals surface area contributed by atoms with Crippen molar-refractivity contribution in [2.45, 2.75) is 76.3 Å². The standard InChI is InChI=1S/C26H38N2O5S/c1-5-26(30)27(4)17-24-19(2)16-28(20(3)18-29)34(31,32)25-14-13-22(15-23(25)33-24)12-8-11-21-9-6-7-10-21/h13-15,19-21,24,29H,5-7,9-11,16-18H2,1-4H3/t19-,20-,24+/m0/s1. The summed E-state index contributed by atoms with van der Waals surface area (Å²) in [7, 11) is -2.16. The molecule has 1 aliphatic heterocycles. The molecule has 0 bridgehead atoms. The van der Waals surface area contributed by atoms with Gasteiger partial charge in [-0.3, -0.25) is 4.79 Å². The first-order valence-corrected chi connectivity index (χ1v) is 13.8. The molecular weight excluding hydrogens is 452 g/mol. The lowest BCUT2D eigenvalue weighted by molar-refractivity contribution is -0.131. The predicted molar refractivity (Wildman–Crippen MR) is 132 cm³/mol. The zero-order valence-electron chi connectivity index (χ0n) is 20.8. The highest BCUT2D eigenvalue weighted by molar-refractivity contribution is 7.89. The topological polar surface area (TPSA) is 87.2 Å². The van der Waals surface area contributed by atoms with E-state index in [2.05, 4.69) is 11.8 Å². The van der Waals surface area contributed by atoms with E-state index in [4.69, 9.17) is 4.74 Å². The van der Waals surface area contributed by atoms with Crippen molar-refractivity contribution >= 4 is 15.9 Å². The number of aliphatic hydroxyl groups excluding tert-OH is 1. The SMILES string of the molecule is CCC(=O)N(C)C[C@H]1Oc2cc(C#CCC3CCCC3)ccc2S(=O)(=O)N([C@@H](C)CO)C[C@@H]1C. The van der Waals surface area contributed by atoms with Gasteiger partial charge in [-0.2, -0.15) is 4.31 Å². The van der Waals surface area contributed by atoms with Gasteiger partial charge in [-0.1, -0.05) is 38.5 Å². The van der Waals surface area contributed by atoms with E-state index < -0.39 is 22.2 Å². The number of likely N-dealkylation sites (N-methyl/N-ethyl adjacent to an activating group) is 1. The molecule has 2 aliphatic rings. The fraction of sp³-hybridized carbons (Fsp3) is 0.654. The summed E-state index contributed by atoms with van der Waals surface area (Å²) in [4.78, 5) is 13.9. The van der Waals surface area contributed by atoms with Crippen LogP contribution in [0.3, 0.4) is 0 Å². The van der Waals surface area contributed by atoms with Gasteiger partial charge in [0, 0.05) is 44.0 Å². The predicted octanol–water partition coefficient (Wildman–Crippen LogP) is 3.26. The first-order chi connectivity index (χ1) is 16.2. The highest BCUT2D eigenvalue weighted by atomic mass is 32.2. The molecule has 34 heavy (non-hydrogen) atoms. The molecule has 1 aromatic carbocycles. The number of carbonyl (C=O) groups is 1. The summed E-state index contributed by atoms with van der Waals surface area (Å²) in [5, 5.41) is 9.75. The van der Waals surface area contributed by atoms with Gasteiger partial charge in [0.25, 0.3) is 0 Å². The molecule has 0 unspecified atom stereocenters. The molecule has 1 aromatic rings. The van der Waals surface area contributed by atoms with E-state index in [1.165, 1.54) is 30.0 Å². The number of fused-ring (bicyclic) bond motifs is 1. The van der Waals surface area contributed by atoms with Crippen molar-refractivity contribution in [2.75, 3.05) is 26.7 Å². The maximum Gasteiger partial charge on any atom is 0.247 e. The summed E-state index contributed by atoms with van der Waals surface area (Å²) in [5.74, 6) is 7.13. The van der Waals surface area contributed by atoms with Crippen LogP contribution < -0.4 is 4.74 Å². The molecule has 0 radical (unpaired) electrons. The maximum atomic E-state index is 13.5. The number of benzene rings is 1. The van der Waals surface area contributed by atoms with Crippen LogP contribution in [0.4, 0.5) is 0 Å². The van der Waals surface area contributed by atoms with E-state index in [1.54, 1.807) is 37.1 Å². The molecule has 1 saturated carbocycles. The van der Waals surface area contributed by atoms with Gasteiger partial charge >= 0.3 is 0 Å². The highest BCUT2D eigenvalue weighted by Crippen LogP contribution is 2.34. The second kappa shape index (κ2) is 11.6. The highest BCUT2D eigenvalue weighted by Gasteiger charge is 2.38. The number of sulfonamides is 1. The third-order valence-corrected chi connectivity index (χ3v) is 8.97. The van der Waals surface area contributed by atoms with Gasteiger partial charge in [-0.25, -0.2) is 8.42 Å². The Balaban J connectivity index is 1.97. The van der Waals surface area contributed by atoms with Gasteiger partial charge < -0.3 is 14.7 Å². The van der Waals surface area contributed by atoms with Crippen molar-refractivity contribution in [2.24, 2.45) is 11.8 Å². The lowest BCUT2D eigenvalue weighted by atomic mass is 10.0. The van der Waals surface area contributed by atoms with Crippen molar-refractivity contribution in [3.63, 3.8) is 0 Å². The number of amides is 1. The summed E-state index contributed by atoms with van der Waals surface area (Å²) in [6.45, 7) is 5.66. The van der Waals surface area contributed by atoms with Crippen LogP contribution in [0.5, 0.6) is 5.75 Å². The minimum atomic E-state index is -3.89. The van der Waals surface area contributed by atoms with E-state index in [-0.39, 0.29) is 35.6 Å². The molecule has 188 valence electrons. The number of aliphatic hydroxyl groups is 1. The van der Waals surface area contributed by atoms with Crippen molar-refractivity contribution in [1.82, 2.24) is 9.21 Å². The van der Waals surface area contributed by atoms with Crippen LogP contribution in [0.15, 0.2) is 23.1 Å². The number of ether oxygens (including phenoxy) is 1. The van der Waals surface area contributed by atoms with Crippen molar-refractivity contribution < 1.29 is 23.1 Å². The molecule has 1 heterocycles. The van der Waals surface area contributed by atoms with Crippen LogP contribution >= 0.6 is 0 Å². The van der Waals surface area contributed by atoms with Gasteiger partial charge in [0.2, 0.25) is 15.9 Å². The summed E-state index contributed by atoms with van der Waals surface area (Å²) in [6.07, 6.45) is 5.82. The van der Waals surface area contributed by atoms with Gasteiger partial charge in [0.15, 0.2) is 0 Å². The van der Waals surface area contributed by atoms with Crippen LogP contribution in [0.25, 0.3) is 0 Å². The molecule has 1 aliphatic carbocycles. The Bertz CT molecular complexity index is 1020. The Kier molecular flexibility index (Phi) is 9.02. The Hall–Kier alpha value is -2.08. The molecule has 7 nitrogen and oxygen atoms in total. The zero-order valence-corrected chi connectivity index (χ0v) is 21.6. The summed E-state index contributed by atoms with van der Waals surface area (Å²) < 4.78 is 34.7. The number of rotatable bonds is 6. The molecule has 3 atom stereocenters. The smallest absolute Gasteiger partial charge is 0.247 e. The molecule has 8 heteroatoms. The Labute approximate surface area is 204 Å². The lowest BCUT2D eigenvalue weighted by Gasteiger charge is -2.37. The van der Waals surface area contributed by atoms with Crippen LogP contribution in [0.2, 0.25) is 0 Å². The maximum absolute atomic E-state index is 13.5. The molecule has 0 spiro atoms. The number of carbonyl (C=O) groups excluding carboxylic acids is 1. The number of nitrogens with zero attached hydrogens (tertiary/aromatic N) is 2. The van der Waals surface area contributed by atoms with Crippen LogP contribution in [-0.2, 0) is 14.8 Å². The summed E-state index contributed by atoms with van der Waals surface area (Å²) in [5.41, 5.74) is 0.707. The Morgan fingerprint density at radius 3 is 2.68 bits per heavy atom. The molecule has 1 amide bonds. The van der Waals surface area contributed by atoms with E-state index in [0.29, 0.717) is 24.4 Å². The van der Waals surface area contributed by atoms with E-state index in [1.807, 2.05) is 13.8 Å². The van der Waals surface area contributed by atoms with E-state index in [9.17, 15) is 18.3 Å². The molecular formula is C26H38N2O5S. The number of hydrogen-bond donors (Lipinski definition) is 1. The van der Waals surface area contributed by atoms with Gasteiger partial charge in [-0.15, -0.1) is 0 Å². The second-order valence-electron chi connectivity index (χ2n) is 9.69. The van der Waals surface area contributed by atoms with Gasteiger partial charge in [-0.05, 0) is 43.9 Å². The van der Waals surface area contributed by atoms with Crippen molar-refractivity contribution in [3.8, 4) is 17.6 Å². The summed E-state index contributed by atoms with van der Waals surface area (Å²) >= 11 is 0. The van der Waals surface area contributed by atoms with Crippen molar-refractivity contribution in [1.29, 1.82) is 0 Å². The normalized spacial score (nSPS) is 23.6. The quantitative estimate of drug-likeness (QED) is 0.619. The van der Waals surface area contributed by atoms with Crippen LogP contribution in [0.1, 0.15) is 64.9 Å². The van der Waals surface area contributed by atoms with Crippen molar-refractivity contribution in [3.05, 3.63) is 23.8 Å². The Morgan fingerprint density at radius 1 is 1.32 bits per heavy atom. The van der Waals surface area contributed by atoms with E-state index in [0.717, 1.165) is 6.42 Å². The zero-order chi connectivity index (χ0) is 24.9. The minimum Gasteiger partial charge on any atom is -0.487 e. The Morgan fingerprint density at radius 2 is 2.03 bits per heavy atom. The molecule has 0 saturated heterocycles. The second-order valence-corrected chi connectivity index (χ2v) is 11.5. The average Bonchev–Trinajstić information content (AvgIpc) is 3.33. The van der Waals surface area contributed by atoms with E-state index >= 15 is 0 Å². The fourth-order valence-corrected chi connectivity index (χ4v) is 6.50. The average molecular weight is 491 g/mol. The third kappa shape index (κ3) is 6.12. The molecule has 1 N–H and O–H groups in total.